The number of likely N-dealkylation sites (N-methyl/N-ethyl adjacent to an activating group) is 1. The first-order valence-electron chi connectivity index (χ1n) is 14.4. The van der Waals surface area contributed by atoms with E-state index in [9.17, 15) is 4.79 Å². The molecule has 0 radical (unpaired) electrons. The van der Waals surface area contributed by atoms with Gasteiger partial charge in [0, 0.05) is 54.7 Å². The maximum atomic E-state index is 13.9. The quantitative estimate of drug-likeness (QED) is 0.378. The van der Waals surface area contributed by atoms with Crippen LogP contribution in [0.5, 0.6) is 0 Å². The van der Waals surface area contributed by atoms with Crippen molar-refractivity contribution in [1.82, 2.24) is 15.1 Å². The van der Waals surface area contributed by atoms with Crippen LogP contribution >= 0.6 is 0 Å². The van der Waals surface area contributed by atoms with Crippen molar-refractivity contribution in [2.75, 3.05) is 25.0 Å². The van der Waals surface area contributed by atoms with E-state index in [4.69, 9.17) is 4.74 Å². The molecule has 4 saturated heterocycles. The molecule has 4 fully saturated rings. The molecule has 7 aliphatic rings. The van der Waals surface area contributed by atoms with Crippen LogP contribution in [0.4, 0.5) is 5.69 Å². The minimum Gasteiger partial charge on any atom is -0.365 e. The van der Waals surface area contributed by atoms with Gasteiger partial charge in [-0.1, -0.05) is 54.7 Å². The number of ether oxygens (including phenoxy) is 1. The predicted octanol–water partition coefficient (Wildman–Crippen LogP) is 4.03. The number of amides is 1. The summed E-state index contributed by atoms with van der Waals surface area (Å²) < 4.78 is 6.44. The molecule has 0 saturated carbocycles. The Hall–Kier alpha value is -2.67. The lowest BCUT2D eigenvalue weighted by molar-refractivity contribution is -0.160. The SMILES string of the molecule is C/C=C/C=C/C(=O)N1CC[C@@]23C4C=CC=CC4N[C@@H]4N(C)c5cccc6c5[C@@]42CCN([C@@H]13)[C@@H]6[C@@H]1OC1(C)C. The molecule has 2 bridgehead atoms. The fourth-order valence-corrected chi connectivity index (χ4v) is 9.81. The predicted molar refractivity (Wildman–Crippen MR) is 149 cm³/mol. The molecule has 3 unspecified atom stereocenters. The van der Waals surface area contributed by atoms with Gasteiger partial charge in [0.25, 0.3) is 0 Å². The number of fused-ring (bicyclic) bond motifs is 1. The molecule has 2 spiro atoms. The largest absolute Gasteiger partial charge is 0.365 e. The Morgan fingerprint density at radius 3 is 2.74 bits per heavy atom. The number of carbonyl (C=O) groups is 1. The zero-order valence-corrected chi connectivity index (χ0v) is 22.8. The molecule has 1 N–H and O–H groups in total. The monoisotopic (exact) mass is 510 g/mol. The topological polar surface area (TPSA) is 51.4 Å². The molecule has 38 heavy (non-hydrogen) atoms. The number of nitrogens with zero attached hydrogens (tertiary/aromatic N) is 3. The summed E-state index contributed by atoms with van der Waals surface area (Å²) in [5.41, 5.74) is 3.97. The molecule has 8 rings (SSSR count). The highest BCUT2D eigenvalue weighted by Crippen LogP contribution is 2.73. The van der Waals surface area contributed by atoms with Crippen LogP contribution in [0.2, 0.25) is 0 Å². The van der Waals surface area contributed by atoms with Crippen molar-refractivity contribution in [3.8, 4) is 0 Å². The highest BCUT2D eigenvalue weighted by Gasteiger charge is 2.78. The van der Waals surface area contributed by atoms with E-state index in [1.165, 1.54) is 16.8 Å². The Kier molecular flexibility index (Phi) is 4.58. The second-order valence-corrected chi connectivity index (χ2v) is 12.9. The Morgan fingerprint density at radius 2 is 1.95 bits per heavy atom. The maximum absolute atomic E-state index is 13.9. The second kappa shape index (κ2) is 7.50. The van der Waals surface area contributed by atoms with Crippen molar-refractivity contribution in [2.24, 2.45) is 11.3 Å². The highest BCUT2D eigenvalue weighted by atomic mass is 16.6. The van der Waals surface area contributed by atoms with Crippen LogP contribution in [-0.4, -0.2) is 65.9 Å². The van der Waals surface area contributed by atoms with Crippen LogP contribution in [0.1, 0.15) is 50.8 Å². The van der Waals surface area contributed by atoms with Gasteiger partial charge in [-0.25, -0.2) is 0 Å². The summed E-state index contributed by atoms with van der Waals surface area (Å²) in [5, 5.41) is 4.13. The van der Waals surface area contributed by atoms with Gasteiger partial charge < -0.3 is 14.5 Å². The number of epoxide rings is 1. The fourth-order valence-electron chi connectivity index (χ4n) is 9.81. The summed E-state index contributed by atoms with van der Waals surface area (Å²) in [6.45, 7) is 8.18. The van der Waals surface area contributed by atoms with Gasteiger partial charge in [0.15, 0.2) is 0 Å². The van der Waals surface area contributed by atoms with E-state index in [-0.39, 0.29) is 52.9 Å². The number of likely N-dealkylation sites (tertiary alicyclic amines) is 1. The number of rotatable bonds is 3. The molecule has 6 aliphatic heterocycles. The van der Waals surface area contributed by atoms with Crippen molar-refractivity contribution in [3.63, 3.8) is 0 Å². The van der Waals surface area contributed by atoms with E-state index >= 15 is 0 Å². The van der Waals surface area contributed by atoms with Crippen molar-refractivity contribution < 1.29 is 9.53 Å². The molecule has 6 nitrogen and oxygen atoms in total. The lowest BCUT2D eigenvalue weighted by atomic mass is 9.46. The fraction of sp³-hybridized carbons (Fsp3) is 0.531. The normalized spacial score (nSPS) is 44.5. The summed E-state index contributed by atoms with van der Waals surface area (Å²) in [6, 6.07) is 7.32. The number of anilines is 1. The van der Waals surface area contributed by atoms with Crippen LogP contribution in [-0.2, 0) is 14.9 Å². The number of hydrogen-bond donors (Lipinski definition) is 1. The van der Waals surface area contributed by atoms with Gasteiger partial charge in [-0.2, -0.15) is 0 Å². The number of allylic oxidation sites excluding steroid dienone is 5. The van der Waals surface area contributed by atoms with Gasteiger partial charge in [-0.15, -0.1) is 0 Å². The third-order valence-corrected chi connectivity index (χ3v) is 11.1. The van der Waals surface area contributed by atoms with Gasteiger partial charge in [-0.3, -0.25) is 15.0 Å². The van der Waals surface area contributed by atoms with Gasteiger partial charge >= 0.3 is 0 Å². The van der Waals surface area contributed by atoms with Gasteiger partial charge in [0.1, 0.15) is 6.10 Å². The van der Waals surface area contributed by atoms with Crippen molar-refractivity contribution in [3.05, 3.63) is 77.9 Å². The molecule has 6 heterocycles. The zero-order valence-electron chi connectivity index (χ0n) is 22.8. The summed E-state index contributed by atoms with van der Waals surface area (Å²) >= 11 is 0. The third kappa shape index (κ3) is 2.53. The van der Waals surface area contributed by atoms with Crippen molar-refractivity contribution in [1.29, 1.82) is 0 Å². The first-order chi connectivity index (χ1) is 18.4. The molecular weight excluding hydrogens is 472 g/mol. The summed E-state index contributed by atoms with van der Waals surface area (Å²) in [6.07, 6.45) is 19.3. The minimum atomic E-state index is -0.163. The summed E-state index contributed by atoms with van der Waals surface area (Å²) in [7, 11) is 2.28. The number of piperidine rings is 2. The lowest BCUT2D eigenvalue weighted by Gasteiger charge is -2.66. The maximum Gasteiger partial charge on any atom is 0.247 e. The highest BCUT2D eigenvalue weighted by molar-refractivity contribution is 5.89. The van der Waals surface area contributed by atoms with E-state index < -0.39 is 0 Å². The standard InChI is InChI=1S/C32H38N4O2/c1-5-6-7-15-24(37)35-18-16-31-21-12-8-9-13-22(21)33-28-32(31)17-19-36(29(31)35)26(27-30(2,3)38-27)20-11-10-14-23(25(20)32)34(28)4/h5-15,21-22,26-29,33H,16-19H2,1-4H3/b6-5+,15-7+/t21?,22?,26-,27-,28+,29+,31-,32-/m0/s1. The Bertz CT molecular complexity index is 1340. The molecule has 1 amide bonds. The van der Waals surface area contributed by atoms with Crippen LogP contribution in [0.15, 0.2) is 66.8 Å². The molecular formula is C32H38N4O2. The Labute approximate surface area is 225 Å². The molecule has 0 aromatic heterocycles. The molecule has 198 valence electrons. The molecule has 1 aliphatic carbocycles. The first kappa shape index (κ1) is 23.2. The van der Waals surface area contributed by atoms with E-state index in [0.717, 1.165) is 25.9 Å². The third-order valence-electron chi connectivity index (χ3n) is 11.1. The number of nitrogens with one attached hydrogen (secondary N) is 1. The Morgan fingerprint density at radius 1 is 1.13 bits per heavy atom. The van der Waals surface area contributed by atoms with E-state index in [1.54, 1.807) is 6.08 Å². The summed E-state index contributed by atoms with van der Waals surface area (Å²) in [5.74, 6) is 0.439. The van der Waals surface area contributed by atoms with Crippen molar-refractivity contribution >= 4 is 11.6 Å². The van der Waals surface area contributed by atoms with Gasteiger partial charge in [0.05, 0.1) is 24.0 Å². The van der Waals surface area contributed by atoms with Crippen LogP contribution in [0.25, 0.3) is 0 Å². The number of benzene rings is 1. The smallest absolute Gasteiger partial charge is 0.247 e. The minimum absolute atomic E-state index is 0.0176. The first-order valence-corrected chi connectivity index (χ1v) is 14.4. The average Bonchev–Trinajstić information content (AvgIpc) is 3.31. The molecule has 1 aromatic rings. The zero-order chi connectivity index (χ0) is 26.0. The van der Waals surface area contributed by atoms with E-state index in [0.29, 0.717) is 5.92 Å². The number of hydrogen-bond acceptors (Lipinski definition) is 5. The lowest BCUT2D eigenvalue weighted by Crippen LogP contribution is -2.78. The van der Waals surface area contributed by atoms with Gasteiger partial charge in [-0.05, 0) is 50.8 Å². The Balaban J connectivity index is 1.41. The van der Waals surface area contributed by atoms with E-state index in [2.05, 4.69) is 83.4 Å². The van der Waals surface area contributed by atoms with Crippen LogP contribution < -0.4 is 10.2 Å². The molecule has 6 heteroatoms. The summed E-state index contributed by atoms with van der Waals surface area (Å²) in [4.78, 5) is 21.4. The average molecular weight is 511 g/mol. The number of carbonyl (C=O) groups excluding carboxylic acids is 1. The molecule has 1 aromatic carbocycles. The van der Waals surface area contributed by atoms with Crippen molar-refractivity contribution in [2.45, 2.75) is 75.1 Å². The van der Waals surface area contributed by atoms with E-state index in [1.807, 2.05) is 25.2 Å². The van der Waals surface area contributed by atoms with Gasteiger partial charge in [0.2, 0.25) is 5.91 Å². The molecule has 9 atom stereocenters. The second-order valence-electron chi connectivity index (χ2n) is 12.9. The van der Waals surface area contributed by atoms with Crippen LogP contribution in [0.3, 0.4) is 0 Å². The van der Waals surface area contributed by atoms with Crippen LogP contribution in [0, 0.1) is 11.3 Å².